The first kappa shape index (κ1) is 12.7. The molecule has 0 saturated heterocycles. The monoisotopic (exact) mass is 220 g/mol. The van der Waals surface area contributed by atoms with Crippen molar-refractivity contribution in [1.82, 2.24) is 0 Å². The molecule has 0 aliphatic heterocycles. The summed E-state index contributed by atoms with van der Waals surface area (Å²) >= 11 is 1.12. The van der Waals surface area contributed by atoms with Gasteiger partial charge < -0.3 is 0 Å². The molecule has 0 atom stereocenters. The van der Waals surface area contributed by atoms with Crippen LogP contribution in [0, 0.1) is 0 Å². The van der Waals surface area contributed by atoms with Crippen LogP contribution in [0.4, 0.5) is 22.0 Å². The normalized spacial score (nSPS) is 13.0. The van der Waals surface area contributed by atoms with Crippen molar-refractivity contribution >= 4 is 11.8 Å². The summed E-state index contributed by atoms with van der Waals surface area (Å²) in [6.45, 7) is 3.30. The molecule has 0 bridgehead atoms. The fourth-order valence-electron chi connectivity index (χ4n) is 0.603. The van der Waals surface area contributed by atoms with E-state index >= 15 is 0 Å². The molecule has 0 saturated carbocycles. The Hall–Kier alpha value is -0.260. The molecular formula is C7H9F5S. The molecule has 0 aromatic carbocycles. The molecule has 0 aromatic rings. The predicted octanol–water partition coefficient (Wildman–Crippen LogP) is 3.84. The molecule has 0 amide bonds. The van der Waals surface area contributed by atoms with Gasteiger partial charge in [-0.2, -0.15) is 22.0 Å². The quantitative estimate of drug-likeness (QED) is 0.501. The highest BCUT2D eigenvalue weighted by Crippen LogP contribution is 2.38. The fourth-order valence-corrected chi connectivity index (χ4v) is 1.08. The summed E-state index contributed by atoms with van der Waals surface area (Å²) in [6.07, 6.45) is -6.76. The number of halogens is 5. The first-order valence-corrected chi connectivity index (χ1v) is 4.53. The van der Waals surface area contributed by atoms with Gasteiger partial charge in [-0.05, 0) is 17.6 Å². The van der Waals surface area contributed by atoms with Gasteiger partial charge in [0.15, 0.2) is 0 Å². The molecule has 0 aromatic heterocycles. The second kappa shape index (κ2) is 4.83. The average molecular weight is 220 g/mol. The lowest BCUT2D eigenvalue weighted by atomic mass is 10.2. The van der Waals surface area contributed by atoms with Gasteiger partial charge in [-0.3, -0.25) is 0 Å². The van der Waals surface area contributed by atoms with Crippen LogP contribution in [0.2, 0.25) is 0 Å². The van der Waals surface area contributed by atoms with Crippen LogP contribution in [-0.2, 0) is 0 Å². The number of hydrogen-bond donors (Lipinski definition) is 0. The Morgan fingerprint density at radius 3 is 2.08 bits per heavy atom. The van der Waals surface area contributed by atoms with Crippen molar-refractivity contribution in [3.8, 4) is 0 Å². The second-order valence-electron chi connectivity index (χ2n) is 2.34. The fraction of sp³-hybridized carbons (Fsp3) is 0.714. The van der Waals surface area contributed by atoms with Gasteiger partial charge in [0.1, 0.15) is 0 Å². The van der Waals surface area contributed by atoms with Crippen molar-refractivity contribution < 1.29 is 22.0 Å². The van der Waals surface area contributed by atoms with E-state index < -0.39 is 18.5 Å². The molecule has 0 spiro atoms. The Morgan fingerprint density at radius 1 is 1.15 bits per heavy atom. The zero-order valence-corrected chi connectivity index (χ0v) is 7.52. The summed E-state index contributed by atoms with van der Waals surface area (Å²) in [7, 11) is 0. The van der Waals surface area contributed by atoms with E-state index in [1.54, 1.807) is 0 Å². The highest BCUT2D eigenvalue weighted by atomic mass is 32.2. The van der Waals surface area contributed by atoms with Gasteiger partial charge in [-0.15, -0.1) is 11.8 Å². The summed E-state index contributed by atoms with van der Waals surface area (Å²) in [6, 6.07) is 0. The molecule has 0 radical (unpaired) electrons. The van der Waals surface area contributed by atoms with Crippen molar-refractivity contribution in [2.24, 2.45) is 0 Å². The minimum atomic E-state index is -5.42. The lowest BCUT2D eigenvalue weighted by Crippen LogP contribution is -2.36. The van der Waals surface area contributed by atoms with E-state index in [1.807, 2.05) is 0 Å². The van der Waals surface area contributed by atoms with E-state index in [-0.39, 0.29) is 12.2 Å². The SMILES string of the molecule is C=CSCCCC(F)(F)C(F)(F)F. The van der Waals surface area contributed by atoms with Crippen molar-refractivity contribution in [2.45, 2.75) is 24.9 Å². The maximum absolute atomic E-state index is 12.2. The van der Waals surface area contributed by atoms with Crippen molar-refractivity contribution in [3.05, 3.63) is 12.0 Å². The molecule has 0 fully saturated rings. The molecule has 0 rings (SSSR count). The van der Waals surface area contributed by atoms with Crippen molar-refractivity contribution in [1.29, 1.82) is 0 Å². The van der Waals surface area contributed by atoms with Crippen molar-refractivity contribution in [3.63, 3.8) is 0 Å². The molecule has 0 nitrogen and oxygen atoms in total. The minimum Gasteiger partial charge on any atom is -0.196 e. The molecule has 0 aliphatic carbocycles. The van der Waals surface area contributed by atoms with Crippen LogP contribution in [0.3, 0.4) is 0 Å². The van der Waals surface area contributed by atoms with E-state index in [4.69, 9.17) is 0 Å². The third-order valence-corrected chi connectivity index (χ3v) is 2.05. The summed E-state index contributed by atoms with van der Waals surface area (Å²) in [5.74, 6) is -4.33. The van der Waals surface area contributed by atoms with E-state index in [9.17, 15) is 22.0 Å². The first-order chi connectivity index (χ1) is 5.81. The zero-order valence-electron chi connectivity index (χ0n) is 6.70. The Morgan fingerprint density at radius 2 is 1.69 bits per heavy atom. The number of hydrogen-bond acceptors (Lipinski definition) is 1. The number of rotatable bonds is 5. The van der Waals surface area contributed by atoms with Gasteiger partial charge >= 0.3 is 12.1 Å². The summed E-state index contributed by atoms with van der Waals surface area (Å²) in [5, 5.41) is 1.41. The van der Waals surface area contributed by atoms with Crippen LogP contribution in [0.5, 0.6) is 0 Å². The Labute approximate surface area is 77.2 Å². The second-order valence-corrected chi connectivity index (χ2v) is 3.42. The third-order valence-electron chi connectivity index (χ3n) is 1.29. The standard InChI is InChI=1S/C7H9F5S/c1-2-13-5-3-4-6(8,9)7(10,11)12/h2H,1,3-5H2. The number of alkyl halides is 5. The third kappa shape index (κ3) is 4.50. The summed E-state index contributed by atoms with van der Waals surface area (Å²) < 4.78 is 59.1. The molecule has 0 heterocycles. The van der Waals surface area contributed by atoms with Crippen LogP contribution < -0.4 is 0 Å². The van der Waals surface area contributed by atoms with E-state index in [0.717, 1.165) is 11.8 Å². The van der Waals surface area contributed by atoms with E-state index in [1.165, 1.54) is 5.41 Å². The summed E-state index contributed by atoms with van der Waals surface area (Å²) in [5.41, 5.74) is 0. The average Bonchev–Trinajstić information content (AvgIpc) is 1.96. The molecule has 13 heavy (non-hydrogen) atoms. The zero-order chi connectivity index (χ0) is 10.5. The smallest absolute Gasteiger partial charge is 0.196 e. The van der Waals surface area contributed by atoms with E-state index in [0.29, 0.717) is 0 Å². The predicted molar refractivity (Wildman–Crippen MR) is 42.9 cm³/mol. The van der Waals surface area contributed by atoms with E-state index in [2.05, 4.69) is 6.58 Å². The van der Waals surface area contributed by atoms with Crippen LogP contribution >= 0.6 is 11.8 Å². The molecule has 0 aliphatic rings. The van der Waals surface area contributed by atoms with Gasteiger partial charge in [0.2, 0.25) is 0 Å². The van der Waals surface area contributed by atoms with Gasteiger partial charge in [0, 0.05) is 6.42 Å². The highest BCUT2D eigenvalue weighted by Gasteiger charge is 2.56. The lowest BCUT2D eigenvalue weighted by Gasteiger charge is -2.18. The van der Waals surface area contributed by atoms with Crippen molar-refractivity contribution in [2.75, 3.05) is 5.75 Å². The van der Waals surface area contributed by atoms with Gasteiger partial charge in [-0.25, -0.2) is 0 Å². The maximum Gasteiger partial charge on any atom is 0.453 e. The Balaban J connectivity index is 3.83. The maximum atomic E-state index is 12.2. The Bertz CT molecular complexity index is 163. The van der Waals surface area contributed by atoms with Crippen LogP contribution in [-0.4, -0.2) is 17.9 Å². The van der Waals surface area contributed by atoms with Crippen LogP contribution in [0.1, 0.15) is 12.8 Å². The highest BCUT2D eigenvalue weighted by molar-refractivity contribution is 8.02. The van der Waals surface area contributed by atoms with Crippen LogP contribution in [0.25, 0.3) is 0 Å². The summed E-state index contributed by atoms with van der Waals surface area (Å²) in [4.78, 5) is 0. The lowest BCUT2D eigenvalue weighted by molar-refractivity contribution is -0.284. The minimum absolute atomic E-state index is 0.177. The molecule has 0 unspecified atom stereocenters. The largest absolute Gasteiger partial charge is 0.453 e. The number of thioether (sulfide) groups is 1. The molecule has 78 valence electrons. The molecular weight excluding hydrogens is 211 g/mol. The topological polar surface area (TPSA) is 0 Å². The Kier molecular flexibility index (Phi) is 4.74. The van der Waals surface area contributed by atoms with Gasteiger partial charge in [0.05, 0.1) is 0 Å². The molecule has 0 N–H and O–H groups in total. The van der Waals surface area contributed by atoms with Crippen LogP contribution in [0.15, 0.2) is 12.0 Å². The first-order valence-electron chi connectivity index (χ1n) is 3.48. The van der Waals surface area contributed by atoms with Gasteiger partial charge in [0.25, 0.3) is 0 Å². The van der Waals surface area contributed by atoms with Gasteiger partial charge in [-0.1, -0.05) is 6.58 Å². The molecule has 6 heteroatoms.